The van der Waals surface area contributed by atoms with Crippen molar-refractivity contribution in [2.24, 2.45) is 0 Å². The molecule has 0 spiro atoms. The fourth-order valence-electron chi connectivity index (χ4n) is 1.71. The van der Waals surface area contributed by atoms with Crippen molar-refractivity contribution in [3.63, 3.8) is 0 Å². The monoisotopic (exact) mass is 392 g/mol. The van der Waals surface area contributed by atoms with E-state index in [1.54, 1.807) is 11.3 Å². The lowest BCUT2D eigenvalue weighted by Crippen LogP contribution is -2.26. The summed E-state index contributed by atoms with van der Waals surface area (Å²) in [6.45, 7) is 1.74. The topological polar surface area (TPSA) is 72.2 Å². The molecule has 0 radical (unpaired) electrons. The minimum Gasteiger partial charge on any atom is -0.398 e. The van der Waals surface area contributed by atoms with Crippen LogP contribution in [0.5, 0.6) is 0 Å². The van der Waals surface area contributed by atoms with Gasteiger partial charge in [0.25, 0.3) is 0 Å². The molecule has 8 heteroatoms. The molecule has 1 aromatic heterocycles. The Labute approximate surface area is 135 Å². The van der Waals surface area contributed by atoms with Gasteiger partial charge < -0.3 is 5.73 Å². The minimum atomic E-state index is -3.76. The first-order valence-electron chi connectivity index (χ1n) is 6.09. The van der Waals surface area contributed by atoms with Crippen molar-refractivity contribution in [2.45, 2.75) is 18.2 Å². The van der Waals surface area contributed by atoms with E-state index < -0.39 is 15.8 Å². The first kappa shape index (κ1) is 16.4. The zero-order valence-electron chi connectivity index (χ0n) is 11.2. The van der Waals surface area contributed by atoms with Gasteiger partial charge in [-0.15, -0.1) is 11.3 Å². The Morgan fingerprint density at radius 3 is 2.67 bits per heavy atom. The highest BCUT2D eigenvalue weighted by Gasteiger charge is 2.17. The number of benzene rings is 1. The zero-order chi connectivity index (χ0) is 15.6. The molecule has 0 bridgehead atoms. The van der Waals surface area contributed by atoms with Gasteiger partial charge in [-0.2, -0.15) is 0 Å². The fraction of sp³-hybridized carbons (Fsp3) is 0.231. The first-order chi connectivity index (χ1) is 9.79. The number of sulfonamides is 1. The number of rotatable bonds is 5. The van der Waals surface area contributed by atoms with E-state index in [1.165, 1.54) is 13.0 Å². The lowest BCUT2D eigenvalue weighted by atomic mass is 10.2. The summed E-state index contributed by atoms with van der Waals surface area (Å²) in [7, 11) is -3.76. The molecule has 0 unspecified atom stereocenters. The quantitative estimate of drug-likeness (QED) is 0.767. The Morgan fingerprint density at radius 2 is 2.10 bits per heavy atom. The number of hydrogen-bond donors (Lipinski definition) is 2. The molecule has 1 heterocycles. The van der Waals surface area contributed by atoms with Crippen molar-refractivity contribution < 1.29 is 12.8 Å². The third-order valence-electron chi connectivity index (χ3n) is 2.96. The normalized spacial score (nSPS) is 11.8. The zero-order valence-corrected chi connectivity index (χ0v) is 14.4. The molecule has 0 saturated carbocycles. The Kier molecular flexibility index (Phi) is 5.03. The maximum atomic E-state index is 13.6. The van der Waals surface area contributed by atoms with Crippen LogP contribution < -0.4 is 10.5 Å². The summed E-state index contributed by atoms with van der Waals surface area (Å²) < 4.78 is 41.2. The number of anilines is 1. The average Bonchev–Trinajstić information content (AvgIpc) is 2.81. The maximum absolute atomic E-state index is 13.6. The van der Waals surface area contributed by atoms with Crippen LogP contribution in [0.3, 0.4) is 0 Å². The lowest BCUT2D eigenvalue weighted by Gasteiger charge is -2.09. The molecule has 114 valence electrons. The van der Waals surface area contributed by atoms with Gasteiger partial charge in [-0.3, -0.25) is 0 Å². The fourth-order valence-corrected chi connectivity index (χ4v) is 4.27. The number of nitrogens with one attached hydrogen (secondary N) is 1. The molecule has 0 amide bonds. The van der Waals surface area contributed by atoms with Gasteiger partial charge in [-0.25, -0.2) is 17.5 Å². The van der Waals surface area contributed by atoms with Gasteiger partial charge in [0.15, 0.2) is 0 Å². The summed E-state index contributed by atoms with van der Waals surface area (Å²) in [5.74, 6) is -0.627. The van der Waals surface area contributed by atoms with E-state index in [-0.39, 0.29) is 22.7 Å². The summed E-state index contributed by atoms with van der Waals surface area (Å²) in [4.78, 5) is 0.898. The number of hydrogen-bond acceptors (Lipinski definition) is 4. The molecule has 3 N–H and O–H groups in total. The van der Waals surface area contributed by atoms with E-state index in [2.05, 4.69) is 20.7 Å². The Hall–Kier alpha value is -0.960. The number of halogens is 2. The largest absolute Gasteiger partial charge is 0.398 e. The standard InChI is InChI=1S/C13H14BrFN2O2S2/c1-8-11(15)6-10(7-12(8)16)21(18,19)17-5-4-9-2-3-13(14)20-9/h2-3,6-7,17H,4-5,16H2,1H3. The van der Waals surface area contributed by atoms with Gasteiger partial charge >= 0.3 is 0 Å². The Bertz CT molecular complexity index is 736. The highest BCUT2D eigenvalue weighted by Crippen LogP contribution is 2.23. The van der Waals surface area contributed by atoms with Crippen molar-refractivity contribution in [1.82, 2.24) is 4.72 Å². The summed E-state index contributed by atoms with van der Waals surface area (Å²) in [5, 5.41) is 0. The maximum Gasteiger partial charge on any atom is 0.240 e. The van der Waals surface area contributed by atoms with Crippen LogP contribution in [0, 0.1) is 12.7 Å². The van der Waals surface area contributed by atoms with Gasteiger partial charge in [-0.1, -0.05) is 0 Å². The second-order valence-corrected chi connectivity index (χ2v) is 8.79. The molecule has 0 aliphatic rings. The second kappa shape index (κ2) is 6.43. The SMILES string of the molecule is Cc1c(N)cc(S(=O)(=O)NCCc2ccc(Br)s2)cc1F. The molecule has 0 atom stereocenters. The molecular weight excluding hydrogens is 379 g/mol. The molecule has 0 fully saturated rings. The molecule has 0 aliphatic carbocycles. The van der Waals surface area contributed by atoms with E-state index in [0.717, 1.165) is 14.7 Å². The predicted molar refractivity (Wildman–Crippen MR) is 86.5 cm³/mol. The Balaban J connectivity index is 2.08. The number of nitrogen functional groups attached to an aromatic ring is 1. The predicted octanol–water partition coefficient (Wildman–Crippen LogP) is 3.06. The van der Waals surface area contributed by atoms with E-state index in [0.29, 0.717) is 6.42 Å². The summed E-state index contributed by atoms with van der Waals surface area (Å²) in [5.41, 5.74) is 5.98. The smallest absolute Gasteiger partial charge is 0.240 e. The van der Waals surface area contributed by atoms with Crippen molar-refractivity contribution in [1.29, 1.82) is 0 Å². The first-order valence-corrected chi connectivity index (χ1v) is 9.18. The molecule has 0 aliphatic heterocycles. The molecule has 2 rings (SSSR count). The molecular formula is C13H14BrFN2O2S2. The number of nitrogens with two attached hydrogens (primary N) is 1. The van der Waals surface area contributed by atoms with Crippen molar-refractivity contribution >= 4 is 43.0 Å². The summed E-state index contributed by atoms with van der Waals surface area (Å²) >= 11 is 4.89. The Morgan fingerprint density at radius 1 is 1.38 bits per heavy atom. The third-order valence-corrected chi connectivity index (χ3v) is 6.08. The van der Waals surface area contributed by atoms with E-state index in [4.69, 9.17) is 5.73 Å². The van der Waals surface area contributed by atoms with Crippen LogP contribution in [0.1, 0.15) is 10.4 Å². The van der Waals surface area contributed by atoms with Crippen LogP contribution in [-0.4, -0.2) is 15.0 Å². The minimum absolute atomic E-state index is 0.123. The van der Waals surface area contributed by atoms with E-state index in [1.807, 2.05) is 12.1 Å². The second-order valence-electron chi connectivity index (χ2n) is 4.47. The van der Waals surface area contributed by atoms with Crippen LogP contribution in [0.25, 0.3) is 0 Å². The van der Waals surface area contributed by atoms with Gasteiger partial charge in [0.1, 0.15) is 5.82 Å². The molecule has 4 nitrogen and oxygen atoms in total. The summed E-state index contributed by atoms with van der Waals surface area (Å²) in [6, 6.07) is 6.08. The van der Waals surface area contributed by atoms with Crippen molar-refractivity contribution in [3.8, 4) is 0 Å². The lowest BCUT2D eigenvalue weighted by molar-refractivity contribution is 0.577. The van der Waals surface area contributed by atoms with Crippen LogP contribution in [0.2, 0.25) is 0 Å². The van der Waals surface area contributed by atoms with Gasteiger partial charge in [-0.05, 0) is 53.5 Å². The van der Waals surface area contributed by atoms with Gasteiger partial charge in [0, 0.05) is 22.7 Å². The molecule has 0 saturated heterocycles. The molecule has 21 heavy (non-hydrogen) atoms. The number of thiophene rings is 1. The van der Waals surface area contributed by atoms with Crippen molar-refractivity contribution in [3.05, 3.63) is 44.3 Å². The molecule has 1 aromatic carbocycles. The summed E-state index contributed by atoms with van der Waals surface area (Å²) in [6.07, 6.45) is 0.569. The van der Waals surface area contributed by atoms with Crippen LogP contribution >= 0.6 is 27.3 Å². The van der Waals surface area contributed by atoms with E-state index in [9.17, 15) is 12.8 Å². The van der Waals surface area contributed by atoms with Gasteiger partial charge in [0.2, 0.25) is 10.0 Å². The van der Waals surface area contributed by atoms with Crippen LogP contribution in [-0.2, 0) is 16.4 Å². The third kappa shape index (κ3) is 4.03. The highest BCUT2D eigenvalue weighted by atomic mass is 79.9. The highest BCUT2D eigenvalue weighted by molar-refractivity contribution is 9.11. The van der Waals surface area contributed by atoms with Crippen LogP contribution in [0.15, 0.2) is 32.9 Å². The van der Waals surface area contributed by atoms with Crippen molar-refractivity contribution in [2.75, 3.05) is 12.3 Å². The van der Waals surface area contributed by atoms with Crippen LogP contribution in [0.4, 0.5) is 10.1 Å². The molecule has 2 aromatic rings. The van der Waals surface area contributed by atoms with Gasteiger partial charge in [0.05, 0.1) is 8.68 Å². The van der Waals surface area contributed by atoms with E-state index >= 15 is 0 Å². The average molecular weight is 393 g/mol.